The number of carbonyl (C=O) groups excluding carboxylic acids is 1. The van der Waals surface area contributed by atoms with Gasteiger partial charge in [0.05, 0.1) is 12.2 Å². The molecule has 4 nitrogen and oxygen atoms in total. The van der Waals surface area contributed by atoms with Gasteiger partial charge < -0.3 is 10.4 Å². The lowest BCUT2D eigenvalue weighted by Gasteiger charge is -2.07. The predicted molar refractivity (Wildman–Crippen MR) is 71.3 cm³/mol. The topological polar surface area (TPSA) is 73.1 Å². The quantitative estimate of drug-likeness (QED) is 0.830. The molecule has 1 aromatic heterocycles. The molecular weight excluding hydrogens is 256 g/mol. The fourth-order valence-corrected chi connectivity index (χ4v) is 2.65. The first-order chi connectivity index (χ1) is 8.17. The van der Waals surface area contributed by atoms with E-state index < -0.39 is 0 Å². The third kappa shape index (κ3) is 4.77. The summed E-state index contributed by atoms with van der Waals surface area (Å²) in [6.07, 6.45) is 0.387. The molecule has 92 valence electrons. The molecule has 0 spiro atoms. The highest BCUT2D eigenvalue weighted by Gasteiger charge is 2.08. The third-order valence-corrected chi connectivity index (χ3v) is 4.02. The Morgan fingerprint density at radius 2 is 2.53 bits per heavy atom. The molecule has 1 unspecified atom stereocenters. The van der Waals surface area contributed by atoms with Crippen LogP contribution in [0.2, 0.25) is 0 Å². The highest BCUT2D eigenvalue weighted by atomic mass is 32.2. The number of amides is 1. The van der Waals surface area contributed by atoms with Gasteiger partial charge in [-0.1, -0.05) is 6.92 Å². The van der Waals surface area contributed by atoms with Crippen molar-refractivity contribution in [1.82, 2.24) is 0 Å². The van der Waals surface area contributed by atoms with Crippen molar-refractivity contribution in [3.05, 3.63) is 17.0 Å². The van der Waals surface area contributed by atoms with Crippen molar-refractivity contribution in [3.8, 4) is 6.07 Å². The Labute approximate surface area is 109 Å². The number of thiophene rings is 1. The molecule has 1 heterocycles. The average Bonchev–Trinajstić information content (AvgIpc) is 2.76. The van der Waals surface area contributed by atoms with Crippen molar-refractivity contribution in [2.24, 2.45) is 0 Å². The third-order valence-electron chi connectivity index (χ3n) is 2.03. The van der Waals surface area contributed by atoms with E-state index in [1.165, 1.54) is 11.3 Å². The van der Waals surface area contributed by atoms with Gasteiger partial charge in [-0.3, -0.25) is 4.79 Å². The Hall–Kier alpha value is -1.03. The van der Waals surface area contributed by atoms with Crippen LogP contribution in [0.25, 0.3) is 0 Å². The van der Waals surface area contributed by atoms with Gasteiger partial charge >= 0.3 is 0 Å². The summed E-state index contributed by atoms with van der Waals surface area (Å²) in [5.74, 6) is 0.572. The molecule has 0 bridgehead atoms. The van der Waals surface area contributed by atoms with Crippen molar-refractivity contribution in [2.45, 2.75) is 18.6 Å². The van der Waals surface area contributed by atoms with Crippen LogP contribution in [0.15, 0.2) is 11.4 Å². The summed E-state index contributed by atoms with van der Waals surface area (Å²) in [6.45, 7) is 2.03. The van der Waals surface area contributed by atoms with Crippen LogP contribution in [0.4, 0.5) is 5.00 Å². The van der Waals surface area contributed by atoms with Gasteiger partial charge in [0.15, 0.2) is 0 Å². The molecule has 0 saturated carbocycles. The smallest absolute Gasteiger partial charge is 0.225 e. The zero-order valence-electron chi connectivity index (χ0n) is 9.47. The van der Waals surface area contributed by atoms with E-state index in [0.717, 1.165) is 0 Å². The standard InChI is InChI=1S/C11H14N2O2S2/c1-8(7-14)16-5-3-10(15)13-11-9(6-12)2-4-17-11/h2,4,8,14H,3,5,7H2,1H3,(H,13,15). The first-order valence-corrected chi connectivity index (χ1v) is 7.10. The van der Waals surface area contributed by atoms with Crippen LogP contribution in [0, 0.1) is 11.3 Å². The van der Waals surface area contributed by atoms with Crippen LogP contribution >= 0.6 is 23.1 Å². The van der Waals surface area contributed by atoms with E-state index in [1.54, 1.807) is 23.2 Å². The Bertz CT molecular complexity index is 412. The van der Waals surface area contributed by atoms with Crippen LogP contribution in [-0.2, 0) is 4.79 Å². The minimum atomic E-state index is -0.0958. The van der Waals surface area contributed by atoms with Gasteiger partial charge in [-0.15, -0.1) is 11.3 Å². The van der Waals surface area contributed by atoms with Crippen LogP contribution < -0.4 is 5.32 Å². The van der Waals surface area contributed by atoms with Gasteiger partial charge in [0.25, 0.3) is 0 Å². The minimum absolute atomic E-state index is 0.0958. The van der Waals surface area contributed by atoms with Gasteiger partial charge in [-0.25, -0.2) is 0 Å². The second kappa shape index (κ2) is 7.33. The zero-order chi connectivity index (χ0) is 12.7. The molecular formula is C11H14N2O2S2. The number of nitriles is 1. The van der Waals surface area contributed by atoms with E-state index in [0.29, 0.717) is 22.7 Å². The van der Waals surface area contributed by atoms with Gasteiger partial charge in [0.1, 0.15) is 11.1 Å². The van der Waals surface area contributed by atoms with Gasteiger partial charge in [0, 0.05) is 17.4 Å². The maximum absolute atomic E-state index is 11.6. The Morgan fingerprint density at radius 1 is 1.76 bits per heavy atom. The molecule has 0 aliphatic carbocycles. The van der Waals surface area contributed by atoms with Crippen LogP contribution in [0.1, 0.15) is 18.9 Å². The maximum atomic E-state index is 11.6. The molecule has 17 heavy (non-hydrogen) atoms. The van der Waals surface area contributed by atoms with Crippen molar-refractivity contribution in [3.63, 3.8) is 0 Å². The fraction of sp³-hybridized carbons (Fsp3) is 0.455. The second-order valence-corrected chi connectivity index (χ2v) is 5.90. The lowest BCUT2D eigenvalue weighted by atomic mass is 10.3. The molecule has 2 N–H and O–H groups in total. The van der Waals surface area contributed by atoms with Gasteiger partial charge in [-0.05, 0) is 11.4 Å². The molecule has 1 atom stereocenters. The van der Waals surface area contributed by atoms with Crippen molar-refractivity contribution in [1.29, 1.82) is 5.26 Å². The summed E-state index contributed by atoms with van der Waals surface area (Å²) >= 11 is 2.90. The first-order valence-electron chi connectivity index (χ1n) is 5.17. The number of rotatable bonds is 6. The summed E-state index contributed by atoms with van der Waals surface area (Å²) in [7, 11) is 0. The second-order valence-electron chi connectivity index (χ2n) is 3.44. The molecule has 0 aliphatic heterocycles. The van der Waals surface area contributed by atoms with Gasteiger partial charge in [-0.2, -0.15) is 17.0 Å². The fourth-order valence-electron chi connectivity index (χ4n) is 1.09. The molecule has 1 aromatic rings. The number of hydrogen-bond donors (Lipinski definition) is 2. The minimum Gasteiger partial charge on any atom is -0.395 e. The van der Waals surface area contributed by atoms with E-state index in [4.69, 9.17) is 10.4 Å². The highest BCUT2D eigenvalue weighted by Crippen LogP contribution is 2.22. The van der Waals surface area contributed by atoms with E-state index in [1.807, 2.05) is 13.0 Å². The largest absolute Gasteiger partial charge is 0.395 e. The number of aliphatic hydroxyl groups excluding tert-OH is 1. The summed E-state index contributed by atoms with van der Waals surface area (Å²) in [5.41, 5.74) is 0.500. The Balaban J connectivity index is 2.33. The number of nitrogens with zero attached hydrogens (tertiary/aromatic N) is 1. The number of aliphatic hydroxyl groups is 1. The first kappa shape index (κ1) is 14.0. The predicted octanol–water partition coefficient (Wildman–Crippen LogP) is 2.06. The van der Waals surface area contributed by atoms with E-state index in [-0.39, 0.29) is 17.8 Å². The number of hydrogen-bond acceptors (Lipinski definition) is 5. The Kier molecular flexibility index (Phi) is 6.05. The maximum Gasteiger partial charge on any atom is 0.225 e. The molecule has 0 aliphatic rings. The Morgan fingerprint density at radius 3 is 3.18 bits per heavy atom. The van der Waals surface area contributed by atoms with Gasteiger partial charge in [0.2, 0.25) is 5.91 Å². The van der Waals surface area contributed by atoms with E-state index >= 15 is 0 Å². The summed E-state index contributed by atoms with van der Waals surface area (Å²) in [6, 6.07) is 3.71. The highest BCUT2D eigenvalue weighted by molar-refractivity contribution is 7.99. The van der Waals surface area contributed by atoms with E-state index in [9.17, 15) is 4.79 Å². The summed E-state index contributed by atoms with van der Waals surface area (Å²) in [5, 5.41) is 22.8. The van der Waals surface area contributed by atoms with Crippen molar-refractivity contribution < 1.29 is 9.90 Å². The summed E-state index contributed by atoms with van der Waals surface area (Å²) in [4.78, 5) is 11.6. The average molecular weight is 270 g/mol. The summed E-state index contributed by atoms with van der Waals surface area (Å²) < 4.78 is 0. The van der Waals surface area contributed by atoms with Crippen molar-refractivity contribution >= 4 is 34.0 Å². The monoisotopic (exact) mass is 270 g/mol. The lowest BCUT2D eigenvalue weighted by Crippen LogP contribution is -2.13. The lowest BCUT2D eigenvalue weighted by molar-refractivity contribution is -0.115. The normalized spacial score (nSPS) is 11.8. The molecule has 0 saturated heterocycles. The zero-order valence-corrected chi connectivity index (χ0v) is 11.1. The molecule has 0 aromatic carbocycles. The number of nitrogens with one attached hydrogen (secondary N) is 1. The van der Waals surface area contributed by atoms with Crippen LogP contribution in [-0.4, -0.2) is 28.6 Å². The molecule has 0 radical (unpaired) electrons. The van der Waals surface area contributed by atoms with Crippen LogP contribution in [0.5, 0.6) is 0 Å². The van der Waals surface area contributed by atoms with Crippen molar-refractivity contribution in [2.75, 3.05) is 17.7 Å². The number of anilines is 1. The van der Waals surface area contributed by atoms with Crippen LogP contribution in [0.3, 0.4) is 0 Å². The SMILES string of the molecule is CC(CO)SCCC(=O)Nc1sccc1C#N. The molecule has 0 fully saturated rings. The molecule has 1 amide bonds. The molecule has 6 heteroatoms. The van der Waals surface area contributed by atoms with E-state index in [2.05, 4.69) is 5.32 Å². The molecule has 1 rings (SSSR count). The number of carbonyl (C=O) groups is 1. The number of thioether (sulfide) groups is 1.